The summed E-state index contributed by atoms with van der Waals surface area (Å²) in [5.41, 5.74) is 1.81. The van der Waals surface area contributed by atoms with Crippen LogP contribution in [0, 0.1) is 0 Å². The van der Waals surface area contributed by atoms with Gasteiger partial charge in [-0.05, 0) is 25.0 Å². The van der Waals surface area contributed by atoms with Crippen LogP contribution in [-0.2, 0) is 21.6 Å². The Labute approximate surface area is 172 Å². The lowest BCUT2D eigenvalue weighted by Gasteiger charge is -2.25. The van der Waals surface area contributed by atoms with Crippen LogP contribution in [0.25, 0.3) is 0 Å². The molecule has 0 saturated heterocycles. The van der Waals surface area contributed by atoms with E-state index < -0.39 is 21.6 Å². The third kappa shape index (κ3) is 5.32. The smallest absolute Gasteiger partial charge is 0.0723 e. The Balaban J connectivity index is 1.80. The Morgan fingerprint density at radius 3 is 1.54 bits per heavy atom. The molecule has 2 unspecified atom stereocenters. The molecule has 4 atom stereocenters. The van der Waals surface area contributed by atoms with Crippen LogP contribution >= 0.6 is 0 Å². The maximum atomic E-state index is 11.9. The highest BCUT2D eigenvalue weighted by atomic mass is 32.2. The van der Waals surface area contributed by atoms with E-state index in [2.05, 4.69) is 0 Å². The second kappa shape index (κ2) is 10.0. The minimum Gasteiger partial charge on any atom is -0.287 e. The predicted molar refractivity (Wildman–Crippen MR) is 119 cm³/mol. The van der Waals surface area contributed by atoms with E-state index >= 15 is 0 Å². The van der Waals surface area contributed by atoms with Gasteiger partial charge < -0.3 is 0 Å². The molecule has 4 nitrogen and oxygen atoms in total. The Morgan fingerprint density at radius 1 is 0.750 bits per heavy atom. The van der Waals surface area contributed by atoms with Crippen LogP contribution in [0.15, 0.2) is 68.3 Å². The van der Waals surface area contributed by atoms with Gasteiger partial charge in [0.05, 0.1) is 33.7 Å². The van der Waals surface area contributed by atoms with Gasteiger partial charge >= 0.3 is 0 Å². The Kier molecular flexibility index (Phi) is 7.45. The second-order valence-electron chi connectivity index (χ2n) is 6.96. The van der Waals surface area contributed by atoms with E-state index in [-0.39, 0.29) is 12.1 Å². The lowest BCUT2D eigenvalue weighted by molar-refractivity contribution is 0.390. The minimum atomic E-state index is -1.04. The van der Waals surface area contributed by atoms with E-state index in [4.69, 9.17) is 9.98 Å². The summed E-state index contributed by atoms with van der Waals surface area (Å²) in [6, 6.07) is 15.6. The van der Waals surface area contributed by atoms with Crippen LogP contribution < -0.4 is 0 Å². The van der Waals surface area contributed by atoms with Crippen LogP contribution in [0.1, 0.15) is 36.8 Å². The van der Waals surface area contributed by atoms with E-state index in [1.54, 1.807) is 12.5 Å². The molecule has 0 heterocycles. The summed E-state index contributed by atoms with van der Waals surface area (Å²) in [6.45, 7) is 0. The van der Waals surface area contributed by atoms with E-state index in [0.717, 1.165) is 46.6 Å². The predicted octanol–water partition coefficient (Wildman–Crippen LogP) is 4.01. The molecule has 0 bridgehead atoms. The molecule has 1 aliphatic rings. The number of nitrogens with zero attached hydrogens (tertiary/aromatic N) is 2. The molecule has 2 aromatic rings. The first-order valence-electron chi connectivity index (χ1n) is 9.47. The molecule has 0 N–H and O–H groups in total. The number of benzene rings is 2. The summed E-state index contributed by atoms with van der Waals surface area (Å²) < 4.78 is 23.9. The van der Waals surface area contributed by atoms with Crippen molar-refractivity contribution in [2.24, 2.45) is 9.98 Å². The molecule has 28 heavy (non-hydrogen) atoms. The normalized spacial score (nSPS) is 22.5. The van der Waals surface area contributed by atoms with Crippen molar-refractivity contribution in [2.75, 3.05) is 12.5 Å². The molecule has 1 aliphatic carbocycles. The number of rotatable bonds is 6. The van der Waals surface area contributed by atoms with Crippen LogP contribution in [0.4, 0.5) is 0 Å². The Morgan fingerprint density at radius 2 is 1.14 bits per heavy atom. The maximum Gasteiger partial charge on any atom is 0.0723 e. The van der Waals surface area contributed by atoms with Crippen molar-refractivity contribution in [1.82, 2.24) is 0 Å². The largest absolute Gasteiger partial charge is 0.287 e. The molecule has 148 valence electrons. The van der Waals surface area contributed by atoms with Gasteiger partial charge in [-0.3, -0.25) is 18.4 Å². The van der Waals surface area contributed by atoms with Crippen molar-refractivity contribution >= 4 is 34.0 Å². The zero-order valence-corrected chi connectivity index (χ0v) is 17.9. The number of aliphatic imine (C=N–C) groups is 2. The highest BCUT2D eigenvalue weighted by Crippen LogP contribution is 2.24. The summed E-state index contributed by atoms with van der Waals surface area (Å²) in [7, 11) is -2.08. The van der Waals surface area contributed by atoms with Crippen molar-refractivity contribution < 1.29 is 8.42 Å². The molecule has 0 aliphatic heterocycles. The molecular formula is C22H26N2O2S2. The monoisotopic (exact) mass is 414 g/mol. The summed E-state index contributed by atoms with van der Waals surface area (Å²) in [5, 5.41) is 0. The van der Waals surface area contributed by atoms with Gasteiger partial charge in [-0.25, -0.2) is 0 Å². The molecule has 1 saturated carbocycles. The Hall–Kier alpha value is -1.92. The molecular weight excluding hydrogens is 388 g/mol. The fourth-order valence-corrected chi connectivity index (χ4v) is 4.94. The van der Waals surface area contributed by atoms with Gasteiger partial charge in [0, 0.05) is 45.9 Å². The molecule has 0 spiro atoms. The zero-order valence-electron chi connectivity index (χ0n) is 16.3. The topological polar surface area (TPSA) is 58.9 Å². The second-order valence-corrected chi connectivity index (χ2v) is 9.66. The van der Waals surface area contributed by atoms with E-state index in [1.807, 2.05) is 61.0 Å². The molecule has 0 radical (unpaired) electrons. The highest BCUT2D eigenvalue weighted by molar-refractivity contribution is 7.84. The van der Waals surface area contributed by atoms with Crippen molar-refractivity contribution in [1.29, 1.82) is 0 Å². The zero-order chi connectivity index (χ0) is 19.9. The van der Waals surface area contributed by atoms with Crippen LogP contribution in [-0.4, -0.2) is 45.4 Å². The molecule has 3 rings (SSSR count). The lowest BCUT2D eigenvalue weighted by Crippen LogP contribution is -2.27. The van der Waals surface area contributed by atoms with Gasteiger partial charge in [0.15, 0.2) is 0 Å². The molecule has 1 fully saturated rings. The van der Waals surface area contributed by atoms with Crippen molar-refractivity contribution in [3.8, 4) is 0 Å². The third-order valence-corrected chi connectivity index (χ3v) is 6.94. The number of hydrogen-bond acceptors (Lipinski definition) is 4. The molecule has 2 aromatic carbocycles. The fraction of sp³-hybridized carbons (Fsp3) is 0.364. The van der Waals surface area contributed by atoms with Crippen LogP contribution in [0.3, 0.4) is 0 Å². The van der Waals surface area contributed by atoms with Gasteiger partial charge in [0.2, 0.25) is 0 Å². The maximum absolute atomic E-state index is 11.9. The van der Waals surface area contributed by atoms with Crippen LogP contribution in [0.5, 0.6) is 0 Å². The quantitative estimate of drug-likeness (QED) is 0.671. The van der Waals surface area contributed by atoms with Crippen molar-refractivity contribution in [3.05, 3.63) is 59.7 Å². The first-order chi connectivity index (χ1) is 13.6. The summed E-state index contributed by atoms with van der Waals surface area (Å²) in [4.78, 5) is 11.2. The van der Waals surface area contributed by atoms with Gasteiger partial charge in [0.1, 0.15) is 0 Å². The summed E-state index contributed by atoms with van der Waals surface area (Å²) in [5.74, 6) is 0. The third-order valence-electron chi connectivity index (χ3n) is 4.96. The summed E-state index contributed by atoms with van der Waals surface area (Å²) >= 11 is 0. The first kappa shape index (κ1) is 20.8. The van der Waals surface area contributed by atoms with Gasteiger partial charge in [-0.15, -0.1) is 0 Å². The summed E-state index contributed by atoms with van der Waals surface area (Å²) in [6.07, 6.45) is 11.4. The fourth-order valence-electron chi connectivity index (χ4n) is 3.49. The SMILES string of the molecule is CS(=O)c1ccccc1C=N[C@@H]1CCCC[C@H]1N=Cc1ccccc1S(C)=O. The van der Waals surface area contributed by atoms with E-state index in [9.17, 15) is 8.42 Å². The van der Waals surface area contributed by atoms with Crippen molar-refractivity contribution in [2.45, 2.75) is 47.6 Å². The molecule has 0 amide bonds. The Bertz CT molecular complexity index is 849. The molecule has 6 heteroatoms. The van der Waals surface area contributed by atoms with Gasteiger partial charge in [0.25, 0.3) is 0 Å². The number of hydrogen-bond donors (Lipinski definition) is 0. The highest BCUT2D eigenvalue weighted by Gasteiger charge is 2.23. The average molecular weight is 415 g/mol. The van der Waals surface area contributed by atoms with Gasteiger partial charge in [-0.2, -0.15) is 0 Å². The standard InChI is InChI=1S/C22H26N2O2S2/c1-27(25)21-13-7-3-9-17(21)15-23-19-11-5-6-12-20(19)24-16-18-10-4-8-14-22(18)28(2)26/h3-4,7-10,13-16,19-20H,5-6,11-12H2,1-2H3/t19-,20-,27?,28?/m1/s1. The molecule has 0 aromatic heterocycles. The van der Waals surface area contributed by atoms with Crippen molar-refractivity contribution in [3.63, 3.8) is 0 Å². The lowest BCUT2D eigenvalue weighted by atomic mass is 9.91. The van der Waals surface area contributed by atoms with E-state index in [1.165, 1.54) is 0 Å². The first-order valence-corrected chi connectivity index (χ1v) is 12.6. The minimum absolute atomic E-state index is 0.114. The average Bonchev–Trinajstić information content (AvgIpc) is 2.71. The van der Waals surface area contributed by atoms with Crippen LogP contribution in [0.2, 0.25) is 0 Å². The van der Waals surface area contributed by atoms with Gasteiger partial charge in [-0.1, -0.05) is 49.2 Å². The van der Waals surface area contributed by atoms with E-state index in [0.29, 0.717) is 0 Å².